The number of carbonyl (C=O) groups excluding carboxylic acids is 1. The van der Waals surface area contributed by atoms with Crippen LogP contribution in [0.2, 0.25) is 0 Å². The third-order valence-electron chi connectivity index (χ3n) is 3.09. The third-order valence-corrected chi connectivity index (χ3v) is 3.09. The zero-order chi connectivity index (χ0) is 13.9. The van der Waals surface area contributed by atoms with Gasteiger partial charge in [0.1, 0.15) is 0 Å². The predicted octanol–water partition coefficient (Wildman–Crippen LogP) is 3.86. The smallest absolute Gasteiger partial charge is 0.251 e. The van der Waals surface area contributed by atoms with Crippen LogP contribution in [0.4, 0.5) is 0 Å². The van der Waals surface area contributed by atoms with Crippen LogP contribution in [-0.2, 0) is 5.41 Å². The molecule has 2 nitrogen and oxygen atoms in total. The van der Waals surface area contributed by atoms with Crippen LogP contribution in [-0.4, -0.2) is 12.5 Å². The fourth-order valence-electron chi connectivity index (χ4n) is 1.81. The standard InChI is InChI=1S/C16H25NO/c1-7-17-15(18)13-8-12(11(2)3)9-14(10-13)16(4,5)6/h8-11H,7H2,1-6H3,(H,17,18). The fraction of sp³-hybridized carbons (Fsp3) is 0.562. The Bertz CT molecular complexity index is 427. The van der Waals surface area contributed by atoms with Crippen molar-refractivity contribution in [1.29, 1.82) is 0 Å². The van der Waals surface area contributed by atoms with Gasteiger partial charge < -0.3 is 5.32 Å². The summed E-state index contributed by atoms with van der Waals surface area (Å²) < 4.78 is 0. The maximum atomic E-state index is 12.0. The van der Waals surface area contributed by atoms with E-state index in [4.69, 9.17) is 0 Å². The van der Waals surface area contributed by atoms with Gasteiger partial charge >= 0.3 is 0 Å². The molecule has 1 aromatic carbocycles. The molecule has 0 saturated carbocycles. The van der Waals surface area contributed by atoms with E-state index in [0.29, 0.717) is 12.5 Å². The Labute approximate surface area is 111 Å². The van der Waals surface area contributed by atoms with Crippen LogP contribution in [0.1, 0.15) is 68.9 Å². The summed E-state index contributed by atoms with van der Waals surface area (Å²) in [4.78, 5) is 12.0. The normalized spacial score (nSPS) is 11.7. The molecule has 0 saturated heterocycles. The van der Waals surface area contributed by atoms with Gasteiger partial charge in [-0.05, 0) is 41.5 Å². The van der Waals surface area contributed by atoms with Crippen LogP contribution >= 0.6 is 0 Å². The molecule has 0 aliphatic heterocycles. The molecular weight excluding hydrogens is 222 g/mol. The van der Waals surface area contributed by atoms with Crippen molar-refractivity contribution >= 4 is 5.91 Å². The summed E-state index contributed by atoms with van der Waals surface area (Å²) in [5.41, 5.74) is 3.28. The van der Waals surface area contributed by atoms with E-state index >= 15 is 0 Å². The molecule has 0 atom stereocenters. The number of carbonyl (C=O) groups is 1. The quantitative estimate of drug-likeness (QED) is 0.863. The molecule has 0 unspecified atom stereocenters. The summed E-state index contributed by atoms with van der Waals surface area (Å²) >= 11 is 0. The third kappa shape index (κ3) is 3.59. The van der Waals surface area contributed by atoms with Crippen LogP contribution in [0.25, 0.3) is 0 Å². The van der Waals surface area contributed by atoms with Gasteiger partial charge in [-0.1, -0.05) is 40.7 Å². The summed E-state index contributed by atoms with van der Waals surface area (Å²) in [7, 11) is 0. The van der Waals surface area contributed by atoms with E-state index in [1.165, 1.54) is 11.1 Å². The molecule has 0 aliphatic rings. The Morgan fingerprint density at radius 3 is 2.28 bits per heavy atom. The first kappa shape index (κ1) is 14.7. The predicted molar refractivity (Wildman–Crippen MR) is 77.2 cm³/mol. The summed E-state index contributed by atoms with van der Waals surface area (Å²) in [6.45, 7) is 13.4. The number of rotatable bonds is 3. The van der Waals surface area contributed by atoms with E-state index in [1.807, 2.05) is 19.1 Å². The molecule has 18 heavy (non-hydrogen) atoms. The maximum Gasteiger partial charge on any atom is 0.251 e. The van der Waals surface area contributed by atoms with Crippen LogP contribution in [0.15, 0.2) is 18.2 Å². The second-order valence-corrected chi connectivity index (χ2v) is 6.11. The molecular formula is C16H25NO. The zero-order valence-electron chi connectivity index (χ0n) is 12.4. The van der Waals surface area contributed by atoms with E-state index in [-0.39, 0.29) is 11.3 Å². The van der Waals surface area contributed by atoms with Crippen molar-refractivity contribution in [3.05, 3.63) is 34.9 Å². The van der Waals surface area contributed by atoms with Gasteiger partial charge in [0.2, 0.25) is 0 Å². The van der Waals surface area contributed by atoms with Gasteiger partial charge in [-0.2, -0.15) is 0 Å². The van der Waals surface area contributed by atoms with E-state index in [9.17, 15) is 4.79 Å². The Kier molecular flexibility index (Phi) is 4.55. The molecule has 2 heteroatoms. The fourth-order valence-corrected chi connectivity index (χ4v) is 1.81. The molecule has 1 N–H and O–H groups in total. The van der Waals surface area contributed by atoms with Crippen molar-refractivity contribution in [3.8, 4) is 0 Å². The largest absolute Gasteiger partial charge is 0.352 e. The first-order valence-corrected chi connectivity index (χ1v) is 6.69. The van der Waals surface area contributed by atoms with Gasteiger partial charge in [0.15, 0.2) is 0 Å². The number of amides is 1. The molecule has 0 heterocycles. The van der Waals surface area contributed by atoms with Crippen molar-refractivity contribution < 1.29 is 4.79 Å². The minimum absolute atomic E-state index is 0.0190. The SMILES string of the molecule is CCNC(=O)c1cc(C(C)C)cc(C(C)(C)C)c1. The molecule has 1 rings (SSSR count). The highest BCUT2D eigenvalue weighted by Crippen LogP contribution is 2.27. The average Bonchev–Trinajstić information content (AvgIpc) is 2.27. The van der Waals surface area contributed by atoms with Gasteiger partial charge in [-0.25, -0.2) is 0 Å². The lowest BCUT2D eigenvalue weighted by molar-refractivity contribution is 0.0955. The van der Waals surface area contributed by atoms with Gasteiger partial charge in [0.05, 0.1) is 0 Å². The number of hydrogen-bond donors (Lipinski definition) is 1. The molecule has 0 aliphatic carbocycles. The van der Waals surface area contributed by atoms with Crippen molar-refractivity contribution in [3.63, 3.8) is 0 Å². The van der Waals surface area contributed by atoms with Crippen LogP contribution in [0.5, 0.6) is 0 Å². The van der Waals surface area contributed by atoms with Gasteiger partial charge in [-0.15, -0.1) is 0 Å². The highest BCUT2D eigenvalue weighted by Gasteiger charge is 2.18. The lowest BCUT2D eigenvalue weighted by Crippen LogP contribution is -2.24. The lowest BCUT2D eigenvalue weighted by atomic mass is 9.83. The molecule has 1 amide bonds. The average molecular weight is 247 g/mol. The zero-order valence-corrected chi connectivity index (χ0v) is 12.4. The maximum absolute atomic E-state index is 12.0. The number of hydrogen-bond acceptors (Lipinski definition) is 1. The second-order valence-electron chi connectivity index (χ2n) is 6.11. The lowest BCUT2D eigenvalue weighted by Gasteiger charge is -2.22. The van der Waals surface area contributed by atoms with E-state index in [2.05, 4.69) is 46.0 Å². The number of nitrogens with one attached hydrogen (secondary N) is 1. The van der Waals surface area contributed by atoms with Crippen molar-refractivity contribution in [2.24, 2.45) is 0 Å². The summed E-state index contributed by atoms with van der Waals surface area (Å²) in [6, 6.07) is 6.23. The first-order valence-electron chi connectivity index (χ1n) is 6.69. The highest BCUT2D eigenvalue weighted by molar-refractivity contribution is 5.94. The summed E-state index contributed by atoms with van der Waals surface area (Å²) in [5, 5.41) is 2.87. The first-order chi connectivity index (χ1) is 8.25. The minimum Gasteiger partial charge on any atom is -0.352 e. The molecule has 0 aromatic heterocycles. The molecule has 0 radical (unpaired) electrons. The number of benzene rings is 1. The van der Waals surface area contributed by atoms with Crippen molar-refractivity contribution in [2.75, 3.05) is 6.54 Å². The van der Waals surface area contributed by atoms with E-state index in [1.54, 1.807) is 0 Å². The summed E-state index contributed by atoms with van der Waals surface area (Å²) in [5.74, 6) is 0.450. The monoisotopic (exact) mass is 247 g/mol. The van der Waals surface area contributed by atoms with Crippen LogP contribution in [0.3, 0.4) is 0 Å². The second kappa shape index (κ2) is 5.55. The molecule has 0 bridgehead atoms. The summed E-state index contributed by atoms with van der Waals surface area (Å²) in [6.07, 6.45) is 0. The Hall–Kier alpha value is -1.31. The topological polar surface area (TPSA) is 29.1 Å². The Morgan fingerprint density at radius 1 is 1.22 bits per heavy atom. The molecule has 0 spiro atoms. The molecule has 0 fully saturated rings. The van der Waals surface area contributed by atoms with Crippen LogP contribution in [0, 0.1) is 0 Å². The minimum atomic E-state index is 0.0190. The molecule has 100 valence electrons. The van der Waals surface area contributed by atoms with Gasteiger partial charge in [0.25, 0.3) is 5.91 Å². The van der Waals surface area contributed by atoms with Crippen molar-refractivity contribution in [1.82, 2.24) is 5.32 Å². The Balaban J connectivity index is 3.27. The highest BCUT2D eigenvalue weighted by atomic mass is 16.1. The van der Waals surface area contributed by atoms with E-state index < -0.39 is 0 Å². The van der Waals surface area contributed by atoms with Crippen molar-refractivity contribution in [2.45, 2.75) is 52.9 Å². The van der Waals surface area contributed by atoms with Crippen LogP contribution < -0.4 is 5.32 Å². The molecule has 1 aromatic rings. The van der Waals surface area contributed by atoms with E-state index in [0.717, 1.165) is 5.56 Å². The van der Waals surface area contributed by atoms with Gasteiger partial charge in [0, 0.05) is 12.1 Å². The Morgan fingerprint density at radius 2 is 1.83 bits per heavy atom. The van der Waals surface area contributed by atoms with Gasteiger partial charge in [-0.3, -0.25) is 4.79 Å².